The lowest BCUT2D eigenvalue weighted by Gasteiger charge is -2.37. The molecule has 1 aromatic rings. The number of hydrogen-bond donors (Lipinski definition) is 1. The first-order valence-electron chi connectivity index (χ1n) is 5.87. The van der Waals surface area contributed by atoms with Crippen LogP contribution < -0.4 is 5.73 Å². The van der Waals surface area contributed by atoms with E-state index in [2.05, 4.69) is 46.1 Å². The Hall–Kier alpha value is -0.380. The minimum absolute atomic E-state index is 0.711. The van der Waals surface area contributed by atoms with E-state index in [-0.39, 0.29) is 0 Å². The zero-order chi connectivity index (χ0) is 11.5. The van der Waals surface area contributed by atoms with Gasteiger partial charge >= 0.3 is 0 Å². The Labute approximate surface area is 106 Å². The lowest BCUT2D eigenvalue weighted by atomic mass is 9.91. The summed E-state index contributed by atoms with van der Waals surface area (Å²) < 4.78 is 1.26. The molecular weight excluding hydrogens is 264 g/mol. The molecule has 0 radical (unpaired) electrons. The van der Waals surface area contributed by atoms with Gasteiger partial charge in [0, 0.05) is 23.5 Å². The van der Waals surface area contributed by atoms with Gasteiger partial charge in [-0.1, -0.05) is 28.1 Å². The number of benzene rings is 1. The third kappa shape index (κ3) is 2.65. The van der Waals surface area contributed by atoms with E-state index in [0.717, 1.165) is 19.4 Å². The van der Waals surface area contributed by atoms with Crippen molar-refractivity contribution >= 4 is 15.9 Å². The van der Waals surface area contributed by atoms with Gasteiger partial charge in [0.1, 0.15) is 0 Å². The molecule has 0 unspecified atom stereocenters. The molecule has 1 fully saturated rings. The highest BCUT2D eigenvalue weighted by molar-refractivity contribution is 9.10. The molecule has 1 saturated heterocycles. The Balaban J connectivity index is 2.05. The number of rotatable bonds is 4. The minimum Gasteiger partial charge on any atom is -0.330 e. The average Bonchev–Trinajstić information content (AvgIpc) is 2.23. The summed E-state index contributed by atoms with van der Waals surface area (Å²) in [6, 6.07) is 6.77. The summed E-state index contributed by atoms with van der Waals surface area (Å²) in [7, 11) is 2.17. The van der Waals surface area contributed by atoms with Crippen LogP contribution in [0.25, 0.3) is 0 Å². The number of nitrogens with zero attached hydrogens (tertiary/aromatic N) is 1. The molecule has 1 aliphatic heterocycles. The predicted molar refractivity (Wildman–Crippen MR) is 71.8 cm³/mol. The third-order valence-corrected chi connectivity index (χ3v) is 3.93. The van der Waals surface area contributed by atoms with Gasteiger partial charge in [0.25, 0.3) is 0 Å². The van der Waals surface area contributed by atoms with E-state index in [1.165, 1.54) is 28.7 Å². The molecule has 0 amide bonds. The van der Waals surface area contributed by atoms with E-state index in [1.54, 1.807) is 0 Å². The zero-order valence-corrected chi connectivity index (χ0v) is 11.3. The topological polar surface area (TPSA) is 29.3 Å². The Bertz CT molecular complexity index is 359. The maximum Gasteiger partial charge on any atom is 0.0213 e. The van der Waals surface area contributed by atoms with Gasteiger partial charge in [0.15, 0.2) is 0 Å². The SMILES string of the molecule is CN1CC(c2ccc(CCCN)cc2Br)C1. The lowest BCUT2D eigenvalue weighted by Crippen LogP contribution is -2.41. The van der Waals surface area contributed by atoms with Crippen molar-refractivity contribution in [1.82, 2.24) is 4.90 Å². The van der Waals surface area contributed by atoms with Crippen LogP contribution in [0.4, 0.5) is 0 Å². The summed E-state index contributed by atoms with van der Waals surface area (Å²) in [6.07, 6.45) is 2.15. The van der Waals surface area contributed by atoms with Gasteiger partial charge in [-0.25, -0.2) is 0 Å². The molecule has 0 aliphatic carbocycles. The molecule has 0 spiro atoms. The van der Waals surface area contributed by atoms with Crippen molar-refractivity contribution in [2.75, 3.05) is 26.7 Å². The maximum atomic E-state index is 5.52. The number of halogens is 1. The molecular formula is C13H19BrN2. The van der Waals surface area contributed by atoms with Crippen molar-refractivity contribution in [3.05, 3.63) is 33.8 Å². The predicted octanol–water partition coefficient (Wildman–Crippen LogP) is 2.37. The first-order valence-corrected chi connectivity index (χ1v) is 6.67. The molecule has 1 aliphatic rings. The van der Waals surface area contributed by atoms with Crippen LogP contribution in [0.15, 0.2) is 22.7 Å². The van der Waals surface area contributed by atoms with Gasteiger partial charge in [-0.05, 0) is 43.6 Å². The summed E-state index contributed by atoms with van der Waals surface area (Å²) in [6.45, 7) is 3.13. The standard InChI is InChI=1S/C13H19BrN2/c1-16-8-11(9-16)12-5-4-10(3-2-6-15)7-13(12)14/h4-5,7,11H,2-3,6,8-9,15H2,1H3. The Morgan fingerprint density at radius 3 is 2.75 bits per heavy atom. The summed E-state index contributed by atoms with van der Waals surface area (Å²) >= 11 is 3.68. The normalized spacial score (nSPS) is 17.4. The second kappa shape index (κ2) is 5.30. The summed E-state index contributed by atoms with van der Waals surface area (Å²) in [5, 5.41) is 0. The minimum atomic E-state index is 0.711. The van der Waals surface area contributed by atoms with E-state index in [1.807, 2.05) is 0 Å². The van der Waals surface area contributed by atoms with E-state index in [9.17, 15) is 0 Å². The first-order chi connectivity index (χ1) is 7.70. The number of hydrogen-bond acceptors (Lipinski definition) is 2. The smallest absolute Gasteiger partial charge is 0.0213 e. The van der Waals surface area contributed by atoms with Crippen LogP contribution in [0.2, 0.25) is 0 Å². The molecule has 0 saturated carbocycles. The van der Waals surface area contributed by atoms with Crippen LogP contribution in [0.1, 0.15) is 23.5 Å². The molecule has 2 N–H and O–H groups in total. The van der Waals surface area contributed by atoms with Gasteiger partial charge in [-0.15, -0.1) is 0 Å². The Kier molecular flexibility index (Phi) is 4.00. The highest BCUT2D eigenvalue weighted by atomic mass is 79.9. The van der Waals surface area contributed by atoms with Gasteiger partial charge < -0.3 is 10.6 Å². The summed E-state index contributed by atoms with van der Waals surface area (Å²) in [4.78, 5) is 2.35. The average molecular weight is 283 g/mol. The van der Waals surface area contributed by atoms with Crippen LogP contribution in [0.5, 0.6) is 0 Å². The van der Waals surface area contributed by atoms with Crippen LogP contribution in [-0.4, -0.2) is 31.6 Å². The van der Waals surface area contributed by atoms with Crippen molar-refractivity contribution in [1.29, 1.82) is 0 Å². The lowest BCUT2D eigenvalue weighted by molar-refractivity contribution is 0.189. The fraction of sp³-hybridized carbons (Fsp3) is 0.538. The van der Waals surface area contributed by atoms with Crippen LogP contribution in [0, 0.1) is 0 Å². The number of likely N-dealkylation sites (tertiary alicyclic amines) is 1. The third-order valence-electron chi connectivity index (χ3n) is 3.24. The summed E-state index contributed by atoms with van der Waals surface area (Å²) in [5.41, 5.74) is 8.36. The molecule has 2 nitrogen and oxygen atoms in total. The molecule has 1 heterocycles. The van der Waals surface area contributed by atoms with E-state index in [4.69, 9.17) is 5.73 Å². The quantitative estimate of drug-likeness (QED) is 0.919. The molecule has 88 valence electrons. The zero-order valence-electron chi connectivity index (χ0n) is 9.75. The van der Waals surface area contributed by atoms with Gasteiger partial charge in [-0.2, -0.15) is 0 Å². The number of aryl methyl sites for hydroxylation is 1. The molecule has 0 bridgehead atoms. The van der Waals surface area contributed by atoms with Crippen molar-refractivity contribution in [2.24, 2.45) is 5.73 Å². The molecule has 0 atom stereocenters. The fourth-order valence-corrected chi connectivity index (χ4v) is 3.01. The maximum absolute atomic E-state index is 5.52. The first kappa shape index (κ1) is 12.1. The highest BCUT2D eigenvalue weighted by Gasteiger charge is 2.26. The second-order valence-electron chi connectivity index (χ2n) is 4.67. The van der Waals surface area contributed by atoms with E-state index in [0.29, 0.717) is 5.92 Å². The molecule has 1 aromatic carbocycles. The Morgan fingerprint density at radius 1 is 1.44 bits per heavy atom. The highest BCUT2D eigenvalue weighted by Crippen LogP contribution is 2.32. The van der Waals surface area contributed by atoms with Crippen molar-refractivity contribution in [3.63, 3.8) is 0 Å². The summed E-state index contributed by atoms with van der Waals surface area (Å²) in [5.74, 6) is 0.711. The van der Waals surface area contributed by atoms with E-state index < -0.39 is 0 Å². The monoisotopic (exact) mass is 282 g/mol. The van der Waals surface area contributed by atoms with Crippen LogP contribution in [-0.2, 0) is 6.42 Å². The number of likely N-dealkylation sites (N-methyl/N-ethyl adjacent to an activating group) is 1. The van der Waals surface area contributed by atoms with Crippen LogP contribution in [0.3, 0.4) is 0 Å². The molecule has 0 aromatic heterocycles. The molecule has 3 heteroatoms. The van der Waals surface area contributed by atoms with Gasteiger partial charge in [-0.3, -0.25) is 0 Å². The molecule has 16 heavy (non-hydrogen) atoms. The fourth-order valence-electron chi connectivity index (χ4n) is 2.26. The Morgan fingerprint density at radius 2 is 2.19 bits per heavy atom. The molecule has 2 rings (SSSR count). The van der Waals surface area contributed by atoms with Crippen molar-refractivity contribution < 1.29 is 0 Å². The largest absolute Gasteiger partial charge is 0.330 e. The second-order valence-corrected chi connectivity index (χ2v) is 5.52. The van der Waals surface area contributed by atoms with Crippen molar-refractivity contribution in [3.8, 4) is 0 Å². The number of nitrogens with two attached hydrogens (primary N) is 1. The van der Waals surface area contributed by atoms with Gasteiger partial charge in [0.05, 0.1) is 0 Å². The van der Waals surface area contributed by atoms with E-state index >= 15 is 0 Å². The van der Waals surface area contributed by atoms with Crippen LogP contribution >= 0.6 is 15.9 Å². The van der Waals surface area contributed by atoms with Gasteiger partial charge in [0.2, 0.25) is 0 Å². The van der Waals surface area contributed by atoms with Crippen molar-refractivity contribution in [2.45, 2.75) is 18.8 Å².